The molecular formula is C24H30N6O. The number of piperazine rings is 1. The van der Waals surface area contributed by atoms with E-state index >= 15 is 0 Å². The van der Waals surface area contributed by atoms with Crippen LogP contribution in [0.5, 0.6) is 0 Å². The molecule has 2 aromatic heterocycles. The molecule has 4 rings (SSSR count). The molecule has 3 heterocycles. The molecule has 0 aliphatic carbocycles. The van der Waals surface area contributed by atoms with Crippen LogP contribution in [-0.4, -0.2) is 63.2 Å². The first kappa shape index (κ1) is 21.2. The van der Waals surface area contributed by atoms with Gasteiger partial charge in [0.2, 0.25) is 5.91 Å². The number of rotatable bonds is 7. The van der Waals surface area contributed by atoms with Gasteiger partial charge in [-0.15, -0.1) is 0 Å². The van der Waals surface area contributed by atoms with Crippen molar-refractivity contribution < 1.29 is 4.79 Å². The smallest absolute Gasteiger partial charge is 0.225 e. The number of nitrogens with zero attached hydrogens (tertiary/aromatic N) is 5. The molecule has 0 unspecified atom stereocenters. The van der Waals surface area contributed by atoms with Crippen LogP contribution in [0.4, 0.5) is 5.69 Å². The lowest BCUT2D eigenvalue weighted by Crippen LogP contribution is -2.46. The van der Waals surface area contributed by atoms with Crippen molar-refractivity contribution in [3.8, 4) is 5.69 Å². The van der Waals surface area contributed by atoms with Gasteiger partial charge in [0.25, 0.3) is 0 Å². The van der Waals surface area contributed by atoms with Gasteiger partial charge in [0.05, 0.1) is 28.5 Å². The van der Waals surface area contributed by atoms with Gasteiger partial charge in [0.1, 0.15) is 0 Å². The number of carbonyl (C=O) groups is 1. The van der Waals surface area contributed by atoms with E-state index in [9.17, 15) is 4.79 Å². The Balaban J connectivity index is 1.25. The van der Waals surface area contributed by atoms with Crippen molar-refractivity contribution in [2.75, 3.05) is 38.0 Å². The number of carbonyl (C=O) groups excluding carboxylic acids is 1. The van der Waals surface area contributed by atoms with Gasteiger partial charge < -0.3 is 10.2 Å². The Morgan fingerprint density at radius 1 is 0.968 bits per heavy atom. The summed E-state index contributed by atoms with van der Waals surface area (Å²) in [4.78, 5) is 21.8. The predicted octanol–water partition coefficient (Wildman–Crippen LogP) is 3.03. The zero-order valence-corrected chi connectivity index (χ0v) is 18.3. The molecule has 1 aliphatic rings. The zero-order chi connectivity index (χ0) is 21.6. The van der Waals surface area contributed by atoms with E-state index in [1.807, 2.05) is 67.2 Å². The van der Waals surface area contributed by atoms with E-state index in [1.54, 1.807) is 0 Å². The number of aromatic nitrogens is 3. The van der Waals surface area contributed by atoms with Gasteiger partial charge in [0, 0.05) is 51.9 Å². The molecule has 1 N–H and O–H groups in total. The van der Waals surface area contributed by atoms with Crippen molar-refractivity contribution in [1.82, 2.24) is 24.6 Å². The number of aryl methyl sites for hydroxylation is 1. The van der Waals surface area contributed by atoms with Crippen molar-refractivity contribution in [2.24, 2.45) is 0 Å². The minimum atomic E-state index is 0.0368. The van der Waals surface area contributed by atoms with E-state index in [2.05, 4.69) is 31.3 Å². The standard InChI is InChI=1S/C24H30N6O/c1-19-24(20(2)30(27-19)22-9-4-3-5-10-22)26-23(31)11-13-28-14-16-29(17-15-28)18-21-8-6-7-12-25-21/h3-10,12H,11,13-18H2,1-2H3,(H,26,31). The highest BCUT2D eigenvalue weighted by molar-refractivity contribution is 5.92. The molecule has 1 aromatic carbocycles. The lowest BCUT2D eigenvalue weighted by molar-refractivity contribution is -0.116. The number of benzene rings is 1. The minimum Gasteiger partial charge on any atom is -0.323 e. The van der Waals surface area contributed by atoms with E-state index in [-0.39, 0.29) is 5.91 Å². The Morgan fingerprint density at radius 2 is 1.68 bits per heavy atom. The van der Waals surface area contributed by atoms with Crippen molar-refractivity contribution in [1.29, 1.82) is 0 Å². The van der Waals surface area contributed by atoms with E-state index in [4.69, 9.17) is 0 Å². The molecule has 0 spiro atoms. The van der Waals surface area contributed by atoms with Crippen LogP contribution in [-0.2, 0) is 11.3 Å². The van der Waals surface area contributed by atoms with Gasteiger partial charge in [-0.25, -0.2) is 4.68 Å². The molecule has 1 aliphatic heterocycles. The maximum atomic E-state index is 12.6. The van der Waals surface area contributed by atoms with Crippen LogP contribution in [0.2, 0.25) is 0 Å². The summed E-state index contributed by atoms with van der Waals surface area (Å²) >= 11 is 0. The Labute approximate surface area is 183 Å². The fourth-order valence-electron chi connectivity index (χ4n) is 4.00. The number of pyridine rings is 1. The summed E-state index contributed by atoms with van der Waals surface area (Å²) in [5.74, 6) is 0.0368. The number of anilines is 1. The second kappa shape index (κ2) is 9.85. The molecule has 1 amide bonds. The summed E-state index contributed by atoms with van der Waals surface area (Å²) in [7, 11) is 0. The first-order chi connectivity index (χ1) is 15.1. The predicted molar refractivity (Wildman–Crippen MR) is 122 cm³/mol. The topological polar surface area (TPSA) is 66.3 Å². The number of hydrogen-bond donors (Lipinski definition) is 1. The lowest BCUT2D eigenvalue weighted by Gasteiger charge is -2.34. The van der Waals surface area contributed by atoms with Crippen molar-refractivity contribution in [3.63, 3.8) is 0 Å². The van der Waals surface area contributed by atoms with Gasteiger partial charge in [-0.1, -0.05) is 24.3 Å². The van der Waals surface area contributed by atoms with Crippen molar-refractivity contribution >= 4 is 11.6 Å². The largest absolute Gasteiger partial charge is 0.323 e. The summed E-state index contributed by atoms with van der Waals surface area (Å²) in [6.45, 7) is 9.54. The fourth-order valence-corrected chi connectivity index (χ4v) is 4.00. The molecule has 0 atom stereocenters. The summed E-state index contributed by atoms with van der Waals surface area (Å²) in [6, 6.07) is 16.0. The summed E-state index contributed by atoms with van der Waals surface area (Å²) in [5, 5.41) is 7.69. The maximum Gasteiger partial charge on any atom is 0.225 e. The van der Waals surface area contributed by atoms with E-state index in [0.717, 1.165) is 67.7 Å². The third kappa shape index (κ3) is 5.37. The Kier molecular flexibility index (Phi) is 6.74. The van der Waals surface area contributed by atoms with Gasteiger partial charge >= 0.3 is 0 Å². The fraction of sp³-hybridized carbons (Fsp3) is 0.375. The minimum absolute atomic E-state index is 0.0368. The van der Waals surface area contributed by atoms with Crippen LogP contribution in [0.3, 0.4) is 0 Å². The summed E-state index contributed by atoms with van der Waals surface area (Å²) in [6.07, 6.45) is 2.33. The summed E-state index contributed by atoms with van der Waals surface area (Å²) < 4.78 is 1.88. The molecule has 7 nitrogen and oxygen atoms in total. The van der Waals surface area contributed by atoms with Gasteiger partial charge in [-0.2, -0.15) is 5.10 Å². The Hall–Kier alpha value is -3.03. The second-order valence-corrected chi connectivity index (χ2v) is 8.03. The van der Waals surface area contributed by atoms with E-state index in [0.29, 0.717) is 6.42 Å². The van der Waals surface area contributed by atoms with Crippen LogP contribution in [0, 0.1) is 13.8 Å². The van der Waals surface area contributed by atoms with Crippen molar-refractivity contribution in [3.05, 3.63) is 71.8 Å². The third-order valence-electron chi connectivity index (χ3n) is 5.79. The van der Waals surface area contributed by atoms with Crippen LogP contribution >= 0.6 is 0 Å². The Morgan fingerprint density at radius 3 is 2.39 bits per heavy atom. The zero-order valence-electron chi connectivity index (χ0n) is 18.3. The average Bonchev–Trinajstić information content (AvgIpc) is 3.08. The number of nitrogens with one attached hydrogen (secondary N) is 1. The highest BCUT2D eigenvalue weighted by Gasteiger charge is 2.19. The molecule has 1 fully saturated rings. The monoisotopic (exact) mass is 418 g/mol. The second-order valence-electron chi connectivity index (χ2n) is 8.03. The van der Waals surface area contributed by atoms with Crippen LogP contribution in [0.1, 0.15) is 23.5 Å². The number of hydrogen-bond acceptors (Lipinski definition) is 5. The first-order valence-corrected chi connectivity index (χ1v) is 10.9. The third-order valence-corrected chi connectivity index (χ3v) is 5.79. The van der Waals surface area contributed by atoms with Gasteiger partial charge in [-0.3, -0.25) is 14.7 Å². The first-order valence-electron chi connectivity index (χ1n) is 10.9. The molecule has 31 heavy (non-hydrogen) atoms. The highest BCUT2D eigenvalue weighted by Crippen LogP contribution is 2.23. The van der Waals surface area contributed by atoms with Crippen LogP contribution in [0.25, 0.3) is 5.69 Å². The van der Waals surface area contributed by atoms with Crippen LogP contribution in [0.15, 0.2) is 54.7 Å². The molecule has 7 heteroatoms. The van der Waals surface area contributed by atoms with E-state index in [1.165, 1.54) is 0 Å². The van der Waals surface area contributed by atoms with Gasteiger partial charge in [0.15, 0.2) is 0 Å². The molecule has 0 bridgehead atoms. The number of amides is 1. The normalized spacial score (nSPS) is 15.2. The maximum absolute atomic E-state index is 12.6. The van der Waals surface area contributed by atoms with Gasteiger partial charge in [-0.05, 0) is 38.1 Å². The SMILES string of the molecule is Cc1nn(-c2ccccc2)c(C)c1NC(=O)CCN1CCN(Cc2ccccn2)CC1. The highest BCUT2D eigenvalue weighted by atomic mass is 16.1. The molecular weight excluding hydrogens is 388 g/mol. The van der Waals surface area contributed by atoms with Crippen molar-refractivity contribution in [2.45, 2.75) is 26.8 Å². The lowest BCUT2D eigenvalue weighted by atomic mass is 10.2. The molecule has 1 saturated heterocycles. The average molecular weight is 419 g/mol. The van der Waals surface area contributed by atoms with E-state index < -0.39 is 0 Å². The number of para-hydroxylation sites is 1. The molecule has 3 aromatic rings. The molecule has 162 valence electrons. The quantitative estimate of drug-likeness (QED) is 0.639. The molecule has 0 saturated carbocycles. The summed E-state index contributed by atoms with van der Waals surface area (Å²) in [5.41, 5.74) is 4.69. The van der Waals surface area contributed by atoms with Crippen LogP contribution < -0.4 is 5.32 Å². The molecule has 0 radical (unpaired) electrons. The Bertz CT molecular complexity index is 994.